The predicted octanol–water partition coefficient (Wildman–Crippen LogP) is 1.96. The molecule has 0 bridgehead atoms. The summed E-state index contributed by atoms with van der Waals surface area (Å²) in [6.07, 6.45) is 5.07. The molecule has 0 radical (unpaired) electrons. The number of hydrogen-bond donors (Lipinski definition) is 1. The maximum absolute atomic E-state index is 5.95. The zero-order valence-electron chi connectivity index (χ0n) is 8.25. The number of ether oxygens (including phenoxy) is 1. The highest BCUT2D eigenvalue weighted by atomic mass is 16.5. The maximum atomic E-state index is 5.95. The van der Waals surface area contributed by atoms with Crippen molar-refractivity contribution in [3.63, 3.8) is 0 Å². The lowest BCUT2D eigenvalue weighted by Gasteiger charge is -2.17. The Morgan fingerprint density at radius 2 is 1.86 bits per heavy atom. The minimum absolute atomic E-state index is 0.0947. The molecule has 0 fully saturated rings. The van der Waals surface area contributed by atoms with Crippen molar-refractivity contribution in [3.05, 3.63) is 28.8 Å². The summed E-state index contributed by atoms with van der Waals surface area (Å²) in [5.74, 6) is 1.03. The summed E-state index contributed by atoms with van der Waals surface area (Å²) >= 11 is 0. The molecular weight excluding hydrogens is 174 g/mol. The van der Waals surface area contributed by atoms with Crippen molar-refractivity contribution in [1.29, 1.82) is 0 Å². The standard InChI is InChI=1S/C12H15NO/c13-11-7-14-12-6-9-4-2-1-3-8(9)5-10(11)12/h5-6,11H,1-4,7,13H2. The topological polar surface area (TPSA) is 35.2 Å². The summed E-state index contributed by atoms with van der Waals surface area (Å²) in [5, 5.41) is 0. The van der Waals surface area contributed by atoms with Crippen LogP contribution < -0.4 is 10.5 Å². The third-order valence-corrected chi connectivity index (χ3v) is 3.29. The normalized spacial score (nSPS) is 23.9. The maximum Gasteiger partial charge on any atom is 0.124 e. The first-order chi connectivity index (χ1) is 6.84. The summed E-state index contributed by atoms with van der Waals surface area (Å²) < 4.78 is 5.55. The minimum atomic E-state index is 0.0947. The van der Waals surface area contributed by atoms with Crippen LogP contribution in [-0.2, 0) is 12.8 Å². The van der Waals surface area contributed by atoms with Crippen LogP contribution >= 0.6 is 0 Å². The van der Waals surface area contributed by atoms with Crippen LogP contribution in [0.4, 0.5) is 0 Å². The van der Waals surface area contributed by atoms with Gasteiger partial charge in [-0.05, 0) is 42.9 Å². The lowest BCUT2D eigenvalue weighted by molar-refractivity contribution is 0.333. The van der Waals surface area contributed by atoms with E-state index in [4.69, 9.17) is 10.5 Å². The van der Waals surface area contributed by atoms with Crippen LogP contribution in [0.1, 0.15) is 35.6 Å². The van der Waals surface area contributed by atoms with Crippen LogP contribution in [0.2, 0.25) is 0 Å². The zero-order chi connectivity index (χ0) is 9.54. The van der Waals surface area contributed by atoms with Crippen LogP contribution in [0.3, 0.4) is 0 Å². The Morgan fingerprint density at radius 3 is 2.64 bits per heavy atom. The second kappa shape index (κ2) is 2.99. The molecule has 2 heteroatoms. The zero-order valence-corrected chi connectivity index (χ0v) is 8.25. The van der Waals surface area contributed by atoms with Gasteiger partial charge in [0.05, 0.1) is 6.04 Å². The second-order valence-corrected chi connectivity index (χ2v) is 4.28. The van der Waals surface area contributed by atoms with Gasteiger partial charge in [0.2, 0.25) is 0 Å². The fourth-order valence-corrected chi connectivity index (χ4v) is 2.47. The molecular formula is C12H15NO. The first-order valence-electron chi connectivity index (χ1n) is 5.38. The minimum Gasteiger partial charge on any atom is -0.491 e. The van der Waals surface area contributed by atoms with E-state index in [0.29, 0.717) is 6.61 Å². The Kier molecular flexibility index (Phi) is 1.77. The van der Waals surface area contributed by atoms with Crippen molar-refractivity contribution >= 4 is 0 Å². The van der Waals surface area contributed by atoms with Gasteiger partial charge in [-0.1, -0.05) is 6.07 Å². The average Bonchev–Trinajstić information content (AvgIpc) is 2.57. The molecule has 1 aliphatic carbocycles. The molecule has 14 heavy (non-hydrogen) atoms. The smallest absolute Gasteiger partial charge is 0.124 e. The fourth-order valence-electron chi connectivity index (χ4n) is 2.47. The van der Waals surface area contributed by atoms with E-state index in [-0.39, 0.29) is 6.04 Å². The summed E-state index contributed by atoms with van der Waals surface area (Å²) in [7, 11) is 0. The van der Waals surface area contributed by atoms with Crippen molar-refractivity contribution in [1.82, 2.24) is 0 Å². The molecule has 1 aromatic carbocycles. The molecule has 1 unspecified atom stereocenters. The Balaban J connectivity index is 2.11. The van der Waals surface area contributed by atoms with E-state index in [0.717, 1.165) is 5.75 Å². The summed E-state index contributed by atoms with van der Waals surface area (Å²) in [6.45, 7) is 0.651. The van der Waals surface area contributed by atoms with E-state index >= 15 is 0 Å². The van der Waals surface area contributed by atoms with Crippen molar-refractivity contribution in [3.8, 4) is 5.75 Å². The van der Waals surface area contributed by atoms with E-state index < -0.39 is 0 Å². The molecule has 2 nitrogen and oxygen atoms in total. The molecule has 1 heterocycles. The van der Waals surface area contributed by atoms with Crippen molar-refractivity contribution in [2.45, 2.75) is 31.7 Å². The quantitative estimate of drug-likeness (QED) is 0.677. The summed E-state index contributed by atoms with van der Waals surface area (Å²) in [4.78, 5) is 0. The molecule has 74 valence electrons. The molecule has 0 saturated heterocycles. The lowest BCUT2D eigenvalue weighted by Crippen LogP contribution is -2.11. The monoisotopic (exact) mass is 189 g/mol. The molecule has 0 spiro atoms. The van der Waals surface area contributed by atoms with E-state index in [1.807, 2.05) is 0 Å². The van der Waals surface area contributed by atoms with Gasteiger partial charge in [0.15, 0.2) is 0 Å². The van der Waals surface area contributed by atoms with Gasteiger partial charge in [-0.25, -0.2) is 0 Å². The van der Waals surface area contributed by atoms with Gasteiger partial charge in [0.1, 0.15) is 12.4 Å². The van der Waals surface area contributed by atoms with Gasteiger partial charge in [0.25, 0.3) is 0 Å². The Hall–Kier alpha value is -1.02. The first kappa shape index (κ1) is 8.30. The molecule has 2 aliphatic rings. The number of rotatable bonds is 0. The van der Waals surface area contributed by atoms with Gasteiger partial charge in [-0.3, -0.25) is 0 Å². The molecule has 1 atom stereocenters. The van der Waals surface area contributed by atoms with Crippen LogP contribution in [0.15, 0.2) is 12.1 Å². The molecule has 2 N–H and O–H groups in total. The lowest BCUT2D eigenvalue weighted by atomic mass is 9.89. The van der Waals surface area contributed by atoms with Crippen molar-refractivity contribution in [2.24, 2.45) is 5.73 Å². The summed E-state index contributed by atoms with van der Waals surface area (Å²) in [6, 6.07) is 4.57. The number of benzene rings is 1. The van der Waals surface area contributed by atoms with Gasteiger partial charge >= 0.3 is 0 Å². The number of hydrogen-bond acceptors (Lipinski definition) is 2. The predicted molar refractivity (Wildman–Crippen MR) is 55.5 cm³/mol. The number of nitrogens with two attached hydrogens (primary N) is 1. The van der Waals surface area contributed by atoms with Crippen molar-refractivity contribution < 1.29 is 4.74 Å². The Labute approximate surface area is 84.1 Å². The van der Waals surface area contributed by atoms with Gasteiger partial charge < -0.3 is 10.5 Å². The van der Waals surface area contributed by atoms with E-state index in [1.54, 1.807) is 0 Å². The largest absolute Gasteiger partial charge is 0.491 e. The average molecular weight is 189 g/mol. The Bertz CT molecular complexity index is 372. The van der Waals surface area contributed by atoms with Gasteiger partial charge in [0, 0.05) is 5.56 Å². The van der Waals surface area contributed by atoms with Crippen molar-refractivity contribution in [2.75, 3.05) is 6.61 Å². The highest BCUT2D eigenvalue weighted by Gasteiger charge is 2.23. The molecule has 0 saturated carbocycles. The molecule has 3 rings (SSSR count). The Morgan fingerprint density at radius 1 is 1.14 bits per heavy atom. The SMILES string of the molecule is NC1COc2cc3c(cc21)CCCC3. The highest BCUT2D eigenvalue weighted by molar-refractivity contribution is 5.47. The number of fused-ring (bicyclic) bond motifs is 2. The second-order valence-electron chi connectivity index (χ2n) is 4.28. The van der Waals surface area contributed by atoms with Crippen LogP contribution in [0.5, 0.6) is 5.75 Å². The highest BCUT2D eigenvalue weighted by Crippen LogP contribution is 2.35. The third kappa shape index (κ3) is 1.14. The van der Waals surface area contributed by atoms with Crippen LogP contribution in [0.25, 0.3) is 0 Å². The van der Waals surface area contributed by atoms with Gasteiger partial charge in [-0.15, -0.1) is 0 Å². The molecule has 1 aromatic rings. The van der Waals surface area contributed by atoms with Crippen LogP contribution in [0, 0.1) is 0 Å². The summed E-state index contributed by atoms with van der Waals surface area (Å²) in [5.41, 5.74) is 10.1. The number of aryl methyl sites for hydroxylation is 2. The molecule has 0 amide bonds. The van der Waals surface area contributed by atoms with E-state index in [2.05, 4.69) is 12.1 Å². The van der Waals surface area contributed by atoms with E-state index in [1.165, 1.54) is 42.4 Å². The van der Waals surface area contributed by atoms with Gasteiger partial charge in [-0.2, -0.15) is 0 Å². The molecule has 0 aromatic heterocycles. The fraction of sp³-hybridized carbons (Fsp3) is 0.500. The third-order valence-electron chi connectivity index (χ3n) is 3.29. The molecule has 1 aliphatic heterocycles. The van der Waals surface area contributed by atoms with E-state index in [9.17, 15) is 0 Å². The first-order valence-corrected chi connectivity index (χ1v) is 5.38. The van der Waals surface area contributed by atoms with Crippen LogP contribution in [-0.4, -0.2) is 6.61 Å².